The van der Waals surface area contributed by atoms with Gasteiger partial charge in [0.2, 0.25) is 0 Å². The van der Waals surface area contributed by atoms with Crippen molar-refractivity contribution in [3.8, 4) is 0 Å². The molecule has 0 radical (unpaired) electrons. The van der Waals surface area contributed by atoms with Crippen LogP contribution in [0.4, 0.5) is 4.79 Å². The molecule has 6 nitrogen and oxygen atoms in total. The lowest BCUT2D eigenvalue weighted by Gasteiger charge is -2.35. The molecular formula is C19H34N2O4. The molecule has 1 amide bonds. The topological polar surface area (TPSA) is 67.9 Å². The van der Waals surface area contributed by atoms with Crippen molar-refractivity contribution < 1.29 is 19.1 Å². The van der Waals surface area contributed by atoms with Gasteiger partial charge in [-0.2, -0.15) is 0 Å². The van der Waals surface area contributed by atoms with Gasteiger partial charge in [0.15, 0.2) is 0 Å². The molecule has 1 saturated carbocycles. The van der Waals surface area contributed by atoms with Crippen LogP contribution in [0.2, 0.25) is 0 Å². The molecule has 0 aromatic rings. The van der Waals surface area contributed by atoms with Crippen molar-refractivity contribution in [2.75, 3.05) is 26.7 Å². The molecular weight excluding hydrogens is 320 g/mol. The molecule has 2 fully saturated rings. The molecule has 2 aliphatic rings. The monoisotopic (exact) mass is 354 g/mol. The van der Waals surface area contributed by atoms with Crippen LogP contribution < -0.4 is 5.32 Å². The van der Waals surface area contributed by atoms with Gasteiger partial charge < -0.3 is 19.7 Å². The van der Waals surface area contributed by atoms with Gasteiger partial charge in [-0.15, -0.1) is 0 Å². The predicted octanol–water partition coefficient (Wildman–Crippen LogP) is 2.95. The number of methoxy groups -OCH3 is 1. The lowest BCUT2D eigenvalue weighted by molar-refractivity contribution is -0.146. The summed E-state index contributed by atoms with van der Waals surface area (Å²) in [6.07, 6.45) is 5.89. The smallest absolute Gasteiger partial charge is 0.410 e. The van der Waals surface area contributed by atoms with Gasteiger partial charge in [0.25, 0.3) is 0 Å². The largest absolute Gasteiger partial charge is 0.469 e. The summed E-state index contributed by atoms with van der Waals surface area (Å²) >= 11 is 0. The van der Waals surface area contributed by atoms with Crippen LogP contribution in [0.3, 0.4) is 0 Å². The van der Waals surface area contributed by atoms with Crippen LogP contribution in [0.15, 0.2) is 0 Å². The summed E-state index contributed by atoms with van der Waals surface area (Å²) in [5.74, 6) is 0.390. The molecule has 25 heavy (non-hydrogen) atoms. The predicted molar refractivity (Wildman–Crippen MR) is 96.3 cm³/mol. The highest BCUT2D eigenvalue weighted by Gasteiger charge is 2.30. The number of hydrogen-bond acceptors (Lipinski definition) is 5. The molecule has 1 heterocycles. The number of nitrogens with zero attached hydrogens (tertiary/aromatic N) is 1. The maximum atomic E-state index is 12.2. The molecule has 6 heteroatoms. The van der Waals surface area contributed by atoms with E-state index in [4.69, 9.17) is 9.47 Å². The third-order valence-corrected chi connectivity index (χ3v) is 5.07. The summed E-state index contributed by atoms with van der Waals surface area (Å²) in [7, 11) is 1.46. The Kier molecular flexibility index (Phi) is 7.11. The lowest BCUT2D eigenvalue weighted by atomic mass is 9.85. The summed E-state index contributed by atoms with van der Waals surface area (Å²) in [5, 5.41) is 3.62. The molecule has 0 aromatic carbocycles. The van der Waals surface area contributed by atoms with Gasteiger partial charge in [-0.25, -0.2) is 4.79 Å². The Morgan fingerprint density at radius 3 is 2.60 bits per heavy atom. The van der Waals surface area contributed by atoms with Gasteiger partial charge >= 0.3 is 12.1 Å². The maximum absolute atomic E-state index is 12.2. The number of carbonyl (C=O) groups is 2. The first kappa shape index (κ1) is 20.0. The number of carbonyl (C=O) groups excluding carboxylic acids is 2. The number of nitrogens with one attached hydrogen (secondary N) is 1. The number of hydrogen-bond donors (Lipinski definition) is 1. The Bertz CT molecular complexity index is 461. The van der Waals surface area contributed by atoms with E-state index < -0.39 is 5.60 Å². The first-order valence-corrected chi connectivity index (χ1v) is 9.57. The zero-order chi connectivity index (χ0) is 18.4. The average Bonchev–Trinajstić information content (AvgIpc) is 2.58. The van der Waals surface area contributed by atoms with Crippen LogP contribution in [-0.2, 0) is 14.3 Å². The van der Waals surface area contributed by atoms with Gasteiger partial charge in [0.1, 0.15) is 5.60 Å². The molecule has 3 unspecified atom stereocenters. The molecule has 1 N–H and O–H groups in total. The summed E-state index contributed by atoms with van der Waals surface area (Å²) in [6.45, 7) is 8.10. The van der Waals surface area contributed by atoms with Crippen molar-refractivity contribution in [3.63, 3.8) is 0 Å². The van der Waals surface area contributed by atoms with Crippen LogP contribution in [-0.4, -0.2) is 55.3 Å². The number of likely N-dealkylation sites (tertiary alicyclic amines) is 1. The van der Waals surface area contributed by atoms with Gasteiger partial charge in [0.05, 0.1) is 13.0 Å². The van der Waals surface area contributed by atoms with E-state index in [2.05, 4.69) is 5.32 Å². The van der Waals surface area contributed by atoms with Crippen molar-refractivity contribution in [2.45, 2.75) is 70.9 Å². The van der Waals surface area contributed by atoms with E-state index in [0.717, 1.165) is 58.2 Å². The highest BCUT2D eigenvalue weighted by molar-refractivity contribution is 5.72. The standard InChI is InChI=1S/C19H34N2O4/c1-19(2,3)25-18(23)21-10-6-7-14(13-21)12-20-16-9-5-8-15(11-16)17(22)24-4/h14-16,20H,5-13H2,1-4H3. The number of amides is 1. The summed E-state index contributed by atoms with van der Waals surface area (Å²) in [6, 6.07) is 0.370. The van der Waals surface area contributed by atoms with Gasteiger partial charge in [-0.05, 0) is 65.3 Å². The molecule has 2 rings (SSSR count). The highest BCUT2D eigenvalue weighted by atomic mass is 16.6. The SMILES string of the molecule is COC(=O)C1CCCC(NCC2CCCN(C(=O)OC(C)(C)C)C2)C1. The van der Waals surface area contributed by atoms with E-state index >= 15 is 0 Å². The highest BCUT2D eigenvalue weighted by Crippen LogP contribution is 2.26. The third-order valence-electron chi connectivity index (χ3n) is 5.07. The second kappa shape index (κ2) is 8.88. The minimum Gasteiger partial charge on any atom is -0.469 e. The second-order valence-electron chi connectivity index (χ2n) is 8.43. The third kappa shape index (κ3) is 6.49. The number of esters is 1. The Balaban J connectivity index is 1.77. The fourth-order valence-corrected chi connectivity index (χ4v) is 3.81. The lowest BCUT2D eigenvalue weighted by Crippen LogP contribution is -2.46. The van der Waals surface area contributed by atoms with Crippen molar-refractivity contribution in [1.82, 2.24) is 10.2 Å². The molecule has 144 valence electrons. The minimum absolute atomic E-state index is 0.0286. The van der Waals surface area contributed by atoms with Gasteiger partial charge in [-0.1, -0.05) is 6.42 Å². The van der Waals surface area contributed by atoms with Crippen LogP contribution >= 0.6 is 0 Å². The maximum Gasteiger partial charge on any atom is 0.410 e. The van der Waals surface area contributed by atoms with Crippen LogP contribution in [0.25, 0.3) is 0 Å². The summed E-state index contributed by atoms with van der Waals surface area (Å²) in [4.78, 5) is 25.8. The fourth-order valence-electron chi connectivity index (χ4n) is 3.81. The molecule has 1 saturated heterocycles. The van der Waals surface area contributed by atoms with E-state index in [-0.39, 0.29) is 18.0 Å². The molecule has 3 atom stereocenters. The summed E-state index contributed by atoms with van der Waals surface area (Å²) < 4.78 is 10.4. The number of rotatable bonds is 4. The Morgan fingerprint density at radius 2 is 1.92 bits per heavy atom. The van der Waals surface area contributed by atoms with Gasteiger partial charge in [0, 0.05) is 19.1 Å². The molecule has 1 aliphatic carbocycles. The van der Waals surface area contributed by atoms with Crippen LogP contribution in [0, 0.1) is 11.8 Å². The molecule has 1 aliphatic heterocycles. The zero-order valence-electron chi connectivity index (χ0n) is 16.2. The Morgan fingerprint density at radius 1 is 1.16 bits per heavy atom. The fraction of sp³-hybridized carbons (Fsp3) is 0.895. The van der Waals surface area contributed by atoms with Crippen molar-refractivity contribution in [3.05, 3.63) is 0 Å². The minimum atomic E-state index is -0.451. The van der Waals surface area contributed by atoms with E-state index in [0.29, 0.717) is 12.0 Å². The molecule has 0 aromatic heterocycles. The van der Waals surface area contributed by atoms with Crippen molar-refractivity contribution in [1.29, 1.82) is 0 Å². The Hall–Kier alpha value is -1.30. The van der Waals surface area contributed by atoms with Gasteiger partial charge in [-0.3, -0.25) is 4.79 Å². The summed E-state index contributed by atoms with van der Waals surface area (Å²) in [5.41, 5.74) is -0.451. The van der Waals surface area contributed by atoms with Crippen LogP contribution in [0.1, 0.15) is 59.3 Å². The van der Waals surface area contributed by atoms with Crippen LogP contribution in [0.5, 0.6) is 0 Å². The zero-order valence-corrected chi connectivity index (χ0v) is 16.2. The Labute approximate surface area is 151 Å². The van der Waals surface area contributed by atoms with E-state index in [1.807, 2.05) is 25.7 Å². The van der Waals surface area contributed by atoms with Crippen molar-refractivity contribution in [2.24, 2.45) is 11.8 Å². The van der Waals surface area contributed by atoms with E-state index in [9.17, 15) is 9.59 Å². The first-order valence-electron chi connectivity index (χ1n) is 9.57. The molecule has 0 bridgehead atoms. The van der Waals surface area contributed by atoms with E-state index in [1.165, 1.54) is 7.11 Å². The van der Waals surface area contributed by atoms with E-state index in [1.54, 1.807) is 0 Å². The number of piperidine rings is 1. The first-order chi connectivity index (χ1) is 11.8. The van der Waals surface area contributed by atoms with Crippen molar-refractivity contribution >= 4 is 12.1 Å². The molecule has 0 spiro atoms. The quantitative estimate of drug-likeness (QED) is 0.786. The second-order valence-corrected chi connectivity index (χ2v) is 8.43. The number of ether oxygens (including phenoxy) is 2. The normalized spacial score (nSPS) is 27.7. The average molecular weight is 354 g/mol.